The van der Waals surface area contributed by atoms with Gasteiger partial charge in [-0.15, -0.1) is 0 Å². The Balaban J connectivity index is -0.000000339. The molecule has 0 aliphatic heterocycles. The lowest BCUT2D eigenvalue weighted by Gasteiger charge is -2.09. The summed E-state index contributed by atoms with van der Waals surface area (Å²) in [4.78, 5) is 44.8. The topological polar surface area (TPSA) is 108 Å². The van der Waals surface area contributed by atoms with Crippen LogP contribution in [0.15, 0.2) is 48.6 Å². The van der Waals surface area contributed by atoms with Crippen LogP contribution in [0.5, 0.6) is 0 Å². The fraction of sp³-hybridized carbons (Fsp3) is 0.721. The Bertz CT molecular complexity index is 984. The highest BCUT2D eigenvalue weighted by Gasteiger charge is 2.04. The molecule has 0 saturated carbocycles. The fourth-order valence-electron chi connectivity index (χ4n) is 3.92. The first kappa shape index (κ1) is 55.6. The lowest BCUT2D eigenvalue weighted by atomic mass is 10.0. The van der Waals surface area contributed by atoms with E-state index >= 15 is 0 Å². The van der Waals surface area contributed by atoms with Gasteiger partial charge in [-0.3, -0.25) is 0 Å². The van der Waals surface area contributed by atoms with Gasteiger partial charge in [0.25, 0.3) is 0 Å². The number of ether oxygens (including phenoxy) is 4. The van der Waals surface area contributed by atoms with E-state index in [1.807, 2.05) is 32.8 Å². The number of rotatable bonds is 26. The molecule has 0 unspecified atom stereocenters. The van der Waals surface area contributed by atoms with Crippen LogP contribution in [0.3, 0.4) is 0 Å². The standard InChI is InChI=1S/C22H42O2.C8H15NO2.C8H14O2.C5H8O2/c1-4-5-6-7-8-9-10-11-12-13-14-15-16-17-18-19-20-24-22(23)21(2)3;1-7(2)8(10)11-6-5-9(3)4;1-6(2)5-10-8(9)7(3)4;1-4(2)5(6)7-3/h2,4-20H2,1,3H3;1,5-6H2,2-4H3;6H,3,5H2,1-2,4H3;1H2,2-3H3. The van der Waals surface area contributed by atoms with Crippen molar-refractivity contribution in [3.05, 3.63) is 48.6 Å². The first-order valence-electron chi connectivity index (χ1n) is 19.3. The highest BCUT2D eigenvalue weighted by Crippen LogP contribution is 2.13. The van der Waals surface area contributed by atoms with E-state index in [9.17, 15) is 19.2 Å². The Labute approximate surface area is 319 Å². The number of unbranched alkanes of at least 4 members (excludes halogenated alkanes) is 15. The zero-order valence-corrected chi connectivity index (χ0v) is 35.3. The Kier molecular flexibility index (Phi) is 43.3. The van der Waals surface area contributed by atoms with Gasteiger partial charge in [-0.25, -0.2) is 19.2 Å². The molecule has 52 heavy (non-hydrogen) atoms. The second-order valence-corrected chi connectivity index (χ2v) is 14.0. The van der Waals surface area contributed by atoms with Gasteiger partial charge in [0.1, 0.15) is 6.61 Å². The summed E-state index contributed by atoms with van der Waals surface area (Å²) >= 11 is 0. The number of esters is 4. The number of likely N-dealkylation sites (N-methyl/N-ethyl adjacent to an activating group) is 1. The van der Waals surface area contributed by atoms with Crippen LogP contribution in [-0.4, -0.2) is 76.3 Å². The monoisotopic (exact) mass is 738 g/mol. The van der Waals surface area contributed by atoms with E-state index in [0.29, 0.717) is 48.0 Å². The second-order valence-electron chi connectivity index (χ2n) is 14.0. The maximum absolute atomic E-state index is 11.2. The summed E-state index contributed by atoms with van der Waals surface area (Å²) in [5.41, 5.74) is 1.83. The Morgan fingerprint density at radius 2 is 0.808 bits per heavy atom. The molecule has 9 heteroatoms. The highest BCUT2D eigenvalue weighted by molar-refractivity contribution is 5.88. The van der Waals surface area contributed by atoms with Gasteiger partial charge in [-0.2, -0.15) is 0 Å². The predicted molar refractivity (Wildman–Crippen MR) is 217 cm³/mol. The number of nitrogens with zero attached hydrogens (tertiary/aromatic N) is 1. The number of hydrogen-bond donors (Lipinski definition) is 0. The van der Waals surface area contributed by atoms with E-state index in [0.717, 1.165) is 13.0 Å². The fourth-order valence-corrected chi connectivity index (χ4v) is 3.92. The van der Waals surface area contributed by atoms with Gasteiger partial charge in [-0.05, 0) is 54.1 Å². The third kappa shape index (κ3) is 48.9. The third-order valence-electron chi connectivity index (χ3n) is 7.13. The summed E-state index contributed by atoms with van der Waals surface area (Å²) in [6.07, 6.45) is 21.7. The summed E-state index contributed by atoms with van der Waals surface area (Å²) < 4.78 is 19.0. The summed E-state index contributed by atoms with van der Waals surface area (Å²) in [6.45, 7) is 28.9. The average molecular weight is 738 g/mol. The number of carbonyl (C=O) groups is 4. The van der Waals surface area contributed by atoms with Gasteiger partial charge in [0, 0.05) is 28.8 Å². The number of methoxy groups -OCH3 is 1. The molecule has 0 saturated heterocycles. The molecule has 0 heterocycles. The highest BCUT2D eigenvalue weighted by atomic mass is 16.5. The minimum atomic E-state index is -0.347. The minimum Gasteiger partial charge on any atom is -0.466 e. The van der Waals surface area contributed by atoms with Crippen molar-refractivity contribution in [3.63, 3.8) is 0 Å². The van der Waals surface area contributed by atoms with Gasteiger partial charge >= 0.3 is 23.9 Å². The molecule has 304 valence electrons. The third-order valence-corrected chi connectivity index (χ3v) is 7.13. The molecule has 0 aliphatic carbocycles. The van der Waals surface area contributed by atoms with Gasteiger partial charge in [-0.1, -0.05) is 143 Å². The molecular formula is C43H79NO8. The molecule has 0 aromatic heterocycles. The Morgan fingerprint density at radius 1 is 0.500 bits per heavy atom. The molecule has 0 aromatic rings. The summed E-state index contributed by atoms with van der Waals surface area (Å²) in [5, 5.41) is 0. The lowest BCUT2D eigenvalue weighted by molar-refractivity contribution is -0.140. The lowest BCUT2D eigenvalue weighted by Crippen LogP contribution is -2.20. The van der Waals surface area contributed by atoms with Crippen LogP contribution < -0.4 is 0 Å². The number of carbonyl (C=O) groups excluding carboxylic acids is 4. The van der Waals surface area contributed by atoms with E-state index in [4.69, 9.17) is 14.2 Å². The quantitative estimate of drug-likeness (QED) is 0.0371. The Morgan fingerprint density at radius 3 is 1.08 bits per heavy atom. The van der Waals surface area contributed by atoms with Crippen molar-refractivity contribution >= 4 is 23.9 Å². The Hall–Kier alpha value is -3.20. The van der Waals surface area contributed by atoms with Crippen LogP contribution >= 0.6 is 0 Å². The molecule has 0 amide bonds. The van der Waals surface area contributed by atoms with Crippen LogP contribution in [-0.2, 0) is 38.1 Å². The van der Waals surface area contributed by atoms with Crippen LogP contribution in [0.1, 0.15) is 151 Å². The molecule has 0 bridgehead atoms. The molecule has 0 radical (unpaired) electrons. The predicted octanol–water partition coefficient (Wildman–Crippen LogP) is 10.5. The van der Waals surface area contributed by atoms with E-state index in [2.05, 4.69) is 38.0 Å². The van der Waals surface area contributed by atoms with E-state index < -0.39 is 0 Å². The molecule has 0 N–H and O–H groups in total. The minimum absolute atomic E-state index is 0.254. The van der Waals surface area contributed by atoms with Crippen molar-refractivity contribution in [1.29, 1.82) is 0 Å². The molecule has 0 aliphatic rings. The van der Waals surface area contributed by atoms with Crippen LogP contribution in [0, 0.1) is 5.92 Å². The van der Waals surface area contributed by atoms with E-state index in [1.165, 1.54) is 103 Å². The largest absolute Gasteiger partial charge is 0.466 e. The maximum atomic E-state index is 11.2. The van der Waals surface area contributed by atoms with Crippen molar-refractivity contribution in [2.75, 3.05) is 47.6 Å². The molecule has 0 spiro atoms. The average Bonchev–Trinajstić information content (AvgIpc) is 3.08. The smallest absolute Gasteiger partial charge is 0.333 e. The summed E-state index contributed by atoms with van der Waals surface area (Å²) in [5.74, 6) is -0.820. The van der Waals surface area contributed by atoms with Gasteiger partial charge in [0.2, 0.25) is 0 Å². The normalized spacial score (nSPS) is 9.92. The first-order chi connectivity index (χ1) is 24.4. The van der Waals surface area contributed by atoms with Gasteiger partial charge < -0.3 is 23.8 Å². The first-order valence-corrected chi connectivity index (χ1v) is 19.3. The van der Waals surface area contributed by atoms with E-state index in [1.54, 1.807) is 27.7 Å². The molecular weight excluding hydrogens is 658 g/mol. The van der Waals surface area contributed by atoms with Crippen LogP contribution in [0.25, 0.3) is 0 Å². The van der Waals surface area contributed by atoms with Crippen molar-refractivity contribution in [3.8, 4) is 0 Å². The van der Waals surface area contributed by atoms with E-state index in [-0.39, 0.29) is 23.9 Å². The van der Waals surface area contributed by atoms with Crippen LogP contribution in [0.4, 0.5) is 0 Å². The van der Waals surface area contributed by atoms with Crippen molar-refractivity contribution in [1.82, 2.24) is 4.90 Å². The zero-order valence-electron chi connectivity index (χ0n) is 35.3. The second kappa shape index (κ2) is 40.6. The molecule has 0 rings (SSSR count). The van der Waals surface area contributed by atoms with Gasteiger partial charge in [0.15, 0.2) is 0 Å². The SMILES string of the molecule is C=C(C)C(=O)OC.C=C(C)C(=O)OCC(C)C.C=C(C)C(=O)OCCCCCCCCCCCCCCCCCC.C=C(C)C(=O)OCCN(C)C. The van der Waals surface area contributed by atoms with Crippen LogP contribution in [0.2, 0.25) is 0 Å². The number of hydrogen-bond acceptors (Lipinski definition) is 9. The molecule has 0 atom stereocenters. The molecule has 0 aromatic carbocycles. The summed E-state index contributed by atoms with van der Waals surface area (Å²) in [7, 11) is 5.18. The van der Waals surface area contributed by atoms with Crippen molar-refractivity contribution in [2.24, 2.45) is 5.92 Å². The van der Waals surface area contributed by atoms with Crippen molar-refractivity contribution < 1.29 is 38.1 Å². The molecule has 9 nitrogen and oxygen atoms in total. The summed E-state index contributed by atoms with van der Waals surface area (Å²) in [6, 6.07) is 0. The maximum Gasteiger partial charge on any atom is 0.333 e. The van der Waals surface area contributed by atoms with Gasteiger partial charge in [0.05, 0.1) is 20.3 Å². The zero-order chi connectivity index (χ0) is 40.7. The van der Waals surface area contributed by atoms with Crippen molar-refractivity contribution in [2.45, 2.75) is 151 Å². The molecule has 0 fully saturated rings.